The molecule has 0 aliphatic rings. The zero-order valence-corrected chi connectivity index (χ0v) is 20.9. The Kier molecular flexibility index (Phi) is 9.60. The summed E-state index contributed by atoms with van der Waals surface area (Å²) in [5.74, 6) is 0.652. The van der Waals surface area contributed by atoms with E-state index in [1.54, 1.807) is 11.8 Å². The van der Waals surface area contributed by atoms with Crippen molar-refractivity contribution < 1.29 is 9.90 Å². The van der Waals surface area contributed by atoms with E-state index >= 15 is 0 Å². The lowest BCUT2D eigenvalue weighted by Crippen LogP contribution is -2.19. The van der Waals surface area contributed by atoms with Crippen molar-refractivity contribution in [1.29, 1.82) is 0 Å². The fourth-order valence-electron chi connectivity index (χ4n) is 3.29. The maximum absolute atomic E-state index is 13.3. The summed E-state index contributed by atoms with van der Waals surface area (Å²) in [5.41, 5.74) is 3.21. The van der Waals surface area contributed by atoms with Gasteiger partial charge in [0.1, 0.15) is 16.4 Å². The first kappa shape index (κ1) is 25.1. The molecule has 0 unspecified atom stereocenters. The van der Waals surface area contributed by atoms with E-state index < -0.39 is 0 Å². The lowest BCUT2D eigenvalue weighted by Gasteiger charge is -2.15. The van der Waals surface area contributed by atoms with Gasteiger partial charge in [-0.05, 0) is 55.2 Å². The van der Waals surface area contributed by atoms with Crippen LogP contribution in [0.15, 0.2) is 58.5 Å². The SMILES string of the molecule is CCCCc1ccc(NC(=O)c2c(NCCO)nc(-c3ccc(SC)cc3)nc2SC)cc1. The highest BCUT2D eigenvalue weighted by Crippen LogP contribution is 2.29. The van der Waals surface area contributed by atoms with Crippen molar-refractivity contribution >= 4 is 40.9 Å². The highest BCUT2D eigenvalue weighted by atomic mass is 32.2. The number of nitrogens with one attached hydrogen (secondary N) is 2. The van der Waals surface area contributed by atoms with E-state index in [1.807, 2.05) is 61.0 Å². The molecule has 3 aromatic rings. The van der Waals surface area contributed by atoms with Crippen molar-refractivity contribution in [3.8, 4) is 11.4 Å². The number of carbonyl (C=O) groups is 1. The van der Waals surface area contributed by atoms with Crippen LogP contribution >= 0.6 is 23.5 Å². The van der Waals surface area contributed by atoms with Crippen LogP contribution in [0.3, 0.4) is 0 Å². The average molecular weight is 483 g/mol. The van der Waals surface area contributed by atoms with Crippen LogP contribution < -0.4 is 10.6 Å². The molecule has 0 bridgehead atoms. The van der Waals surface area contributed by atoms with E-state index in [0.717, 1.165) is 35.4 Å². The Balaban J connectivity index is 1.92. The number of rotatable bonds is 11. The maximum atomic E-state index is 13.3. The summed E-state index contributed by atoms with van der Waals surface area (Å²) in [5, 5.41) is 16.0. The average Bonchev–Trinajstić information content (AvgIpc) is 2.86. The van der Waals surface area contributed by atoms with Gasteiger partial charge in [0, 0.05) is 22.7 Å². The Labute approximate surface area is 204 Å². The van der Waals surface area contributed by atoms with E-state index in [2.05, 4.69) is 27.5 Å². The third-order valence-electron chi connectivity index (χ3n) is 5.08. The minimum Gasteiger partial charge on any atom is -0.395 e. The molecule has 0 aliphatic carbocycles. The number of benzene rings is 2. The van der Waals surface area contributed by atoms with E-state index in [1.165, 1.54) is 17.3 Å². The Hall–Kier alpha value is -2.55. The third kappa shape index (κ3) is 6.72. The molecule has 1 amide bonds. The Bertz CT molecular complexity index is 1060. The predicted octanol–water partition coefficient (Wildman–Crippen LogP) is 5.59. The molecule has 0 fully saturated rings. The molecule has 2 aromatic carbocycles. The number of carbonyl (C=O) groups excluding carboxylic acids is 1. The van der Waals surface area contributed by atoms with Gasteiger partial charge in [0.15, 0.2) is 5.82 Å². The van der Waals surface area contributed by atoms with Crippen LogP contribution in [0.1, 0.15) is 35.7 Å². The number of thioether (sulfide) groups is 2. The number of aliphatic hydroxyl groups excluding tert-OH is 1. The number of aliphatic hydroxyl groups is 1. The van der Waals surface area contributed by atoms with Crippen molar-refractivity contribution in [2.24, 2.45) is 0 Å². The van der Waals surface area contributed by atoms with Crippen LogP contribution in [-0.4, -0.2) is 46.6 Å². The van der Waals surface area contributed by atoms with Gasteiger partial charge in [-0.3, -0.25) is 4.79 Å². The Morgan fingerprint density at radius 3 is 2.33 bits per heavy atom. The van der Waals surface area contributed by atoms with Crippen molar-refractivity contribution in [1.82, 2.24) is 9.97 Å². The quantitative estimate of drug-likeness (QED) is 0.243. The number of nitrogens with zero attached hydrogens (tertiary/aromatic N) is 2. The van der Waals surface area contributed by atoms with Gasteiger partial charge in [-0.1, -0.05) is 37.6 Å². The number of amides is 1. The van der Waals surface area contributed by atoms with Crippen LogP contribution in [0.25, 0.3) is 11.4 Å². The lowest BCUT2D eigenvalue weighted by atomic mass is 10.1. The number of anilines is 2. The predicted molar refractivity (Wildman–Crippen MR) is 140 cm³/mol. The molecule has 0 radical (unpaired) electrons. The number of hydrogen-bond donors (Lipinski definition) is 3. The number of hydrogen-bond acceptors (Lipinski definition) is 7. The van der Waals surface area contributed by atoms with Gasteiger partial charge in [0.05, 0.1) is 6.61 Å². The van der Waals surface area contributed by atoms with Gasteiger partial charge < -0.3 is 15.7 Å². The zero-order valence-electron chi connectivity index (χ0n) is 19.2. The van der Waals surface area contributed by atoms with Gasteiger partial charge >= 0.3 is 0 Å². The second-order valence-electron chi connectivity index (χ2n) is 7.41. The van der Waals surface area contributed by atoms with Crippen molar-refractivity contribution in [3.05, 3.63) is 59.7 Å². The first-order valence-electron chi connectivity index (χ1n) is 10.9. The molecular weight excluding hydrogens is 452 g/mol. The molecule has 0 aliphatic heterocycles. The van der Waals surface area contributed by atoms with Crippen molar-refractivity contribution in [3.63, 3.8) is 0 Å². The molecule has 0 saturated carbocycles. The second kappa shape index (κ2) is 12.6. The smallest absolute Gasteiger partial charge is 0.262 e. The second-order valence-corrected chi connectivity index (χ2v) is 9.09. The molecule has 8 heteroatoms. The Morgan fingerprint density at radius 1 is 1.00 bits per heavy atom. The first-order valence-corrected chi connectivity index (χ1v) is 13.4. The maximum Gasteiger partial charge on any atom is 0.262 e. The monoisotopic (exact) mass is 482 g/mol. The lowest BCUT2D eigenvalue weighted by molar-refractivity contribution is 0.102. The van der Waals surface area contributed by atoms with E-state index in [9.17, 15) is 9.90 Å². The normalized spacial score (nSPS) is 10.8. The van der Waals surface area contributed by atoms with Gasteiger partial charge in [0.2, 0.25) is 0 Å². The van der Waals surface area contributed by atoms with E-state index in [0.29, 0.717) is 22.2 Å². The summed E-state index contributed by atoms with van der Waals surface area (Å²) < 4.78 is 0. The molecule has 1 heterocycles. The van der Waals surface area contributed by atoms with Crippen molar-refractivity contribution in [2.75, 3.05) is 36.3 Å². The number of unbranched alkanes of at least 4 members (excludes halogenated alkanes) is 1. The highest BCUT2D eigenvalue weighted by molar-refractivity contribution is 7.98. The summed E-state index contributed by atoms with van der Waals surface area (Å²) in [7, 11) is 0. The first-order chi connectivity index (χ1) is 16.1. The molecule has 0 atom stereocenters. The van der Waals surface area contributed by atoms with Crippen LogP contribution in [-0.2, 0) is 6.42 Å². The highest BCUT2D eigenvalue weighted by Gasteiger charge is 2.21. The van der Waals surface area contributed by atoms with E-state index in [4.69, 9.17) is 0 Å². The van der Waals surface area contributed by atoms with Gasteiger partial charge in [-0.15, -0.1) is 23.5 Å². The third-order valence-corrected chi connectivity index (χ3v) is 6.51. The fraction of sp³-hybridized carbons (Fsp3) is 0.320. The molecule has 0 saturated heterocycles. The van der Waals surface area contributed by atoms with Crippen LogP contribution in [0.4, 0.5) is 11.5 Å². The fourth-order valence-corrected chi connectivity index (χ4v) is 4.27. The molecule has 6 nitrogen and oxygen atoms in total. The van der Waals surface area contributed by atoms with Crippen molar-refractivity contribution in [2.45, 2.75) is 36.1 Å². The summed E-state index contributed by atoms with van der Waals surface area (Å²) >= 11 is 3.06. The van der Waals surface area contributed by atoms with Gasteiger partial charge in [-0.25, -0.2) is 9.97 Å². The Morgan fingerprint density at radius 2 is 1.73 bits per heavy atom. The van der Waals surface area contributed by atoms with Crippen LogP contribution in [0.2, 0.25) is 0 Å². The molecule has 0 spiro atoms. The van der Waals surface area contributed by atoms with Crippen LogP contribution in [0, 0.1) is 0 Å². The van der Waals surface area contributed by atoms with E-state index in [-0.39, 0.29) is 19.1 Å². The molecule has 174 valence electrons. The number of aryl methyl sites for hydroxylation is 1. The molecule has 33 heavy (non-hydrogen) atoms. The summed E-state index contributed by atoms with van der Waals surface area (Å²) in [6.45, 7) is 2.38. The van der Waals surface area contributed by atoms with Gasteiger partial charge in [0.25, 0.3) is 5.91 Å². The molecule has 3 rings (SSSR count). The molecular formula is C25H30N4O2S2. The molecule has 3 N–H and O–H groups in total. The standard InChI is InChI=1S/C25H30N4O2S2/c1-4-5-6-17-7-11-19(12-8-17)27-24(31)21-23(26-15-16-30)28-22(29-25(21)33-3)18-9-13-20(32-2)14-10-18/h7-14,30H,4-6,15-16H2,1-3H3,(H,27,31)(H,26,28,29). The molecule has 1 aromatic heterocycles. The largest absolute Gasteiger partial charge is 0.395 e. The minimum absolute atomic E-state index is 0.0728. The van der Waals surface area contributed by atoms with Crippen LogP contribution in [0.5, 0.6) is 0 Å². The minimum atomic E-state index is -0.287. The topological polar surface area (TPSA) is 87.1 Å². The zero-order chi connectivity index (χ0) is 23.6. The summed E-state index contributed by atoms with van der Waals surface area (Å²) in [6.07, 6.45) is 7.24. The summed E-state index contributed by atoms with van der Waals surface area (Å²) in [6, 6.07) is 15.9. The number of aromatic nitrogens is 2. The van der Waals surface area contributed by atoms with Gasteiger partial charge in [-0.2, -0.15) is 0 Å². The summed E-state index contributed by atoms with van der Waals surface area (Å²) in [4.78, 5) is 23.7.